The van der Waals surface area contributed by atoms with Gasteiger partial charge < -0.3 is 5.32 Å². The molecular formula is C22H19FN6O3S2. The number of hydrogen-bond donors (Lipinski definition) is 1. The van der Waals surface area contributed by atoms with Crippen LogP contribution in [-0.2, 0) is 9.59 Å². The summed E-state index contributed by atoms with van der Waals surface area (Å²) in [6.07, 6.45) is 1.36. The van der Waals surface area contributed by atoms with Crippen LogP contribution < -0.4 is 5.32 Å². The molecule has 1 aliphatic rings. The highest BCUT2D eigenvalue weighted by Gasteiger charge is 2.34. The SMILES string of the molecule is Cc1ccccc1-n1nnnc1SCC(=O)NCCN1C(=O)SC(=Cc2ccccc2F)C1=O. The minimum atomic E-state index is -0.515. The van der Waals surface area contributed by atoms with Crippen LogP contribution in [0, 0.1) is 12.7 Å². The molecule has 0 radical (unpaired) electrons. The number of tetrazole rings is 1. The summed E-state index contributed by atoms with van der Waals surface area (Å²) in [6.45, 7) is 2.04. The number of amides is 3. The van der Waals surface area contributed by atoms with E-state index in [1.54, 1.807) is 16.8 Å². The van der Waals surface area contributed by atoms with E-state index in [9.17, 15) is 18.8 Å². The van der Waals surface area contributed by atoms with Crippen molar-refractivity contribution in [2.24, 2.45) is 0 Å². The Hall–Kier alpha value is -3.51. The van der Waals surface area contributed by atoms with Gasteiger partial charge in [-0.05, 0) is 52.9 Å². The molecule has 34 heavy (non-hydrogen) atoms. The second-order valence-corrected chi connectivity index (χ2v) is 9.09. The van der Waals surface area contributed by atoms with Crippen molar-refractivity contribution in [3.05, 3.63) is 70.4 Å². The van der Waals surface area contributed by atoms with Gasteiger partial charge in [0.2, 0.25) is 11.1 Å². The molecule has 0 unspecified atom stereocenters. The van der Waals surface area contributed by atoms with E-state index < -0.39 is 17.0 Å². The Morgan fingerprint density at radius 3 is 2.74 bits per heavy atom. The number of aromatic nitrogens is 4. The van der Waals surface area contributed by atoms with E-state index in [1.165, 1.54) is 30.0 Å². The van der Waals surface area contributed by atoms with Gasteiger partial charge in [0.05, 0.1) is 16.3 Å². The minimum absolute atomic E-state index is 0.0105. The lowest BCUT2D eigenvalue weighted by molar-refractivity contribution is -0.123. The Balaban J connectivity index is 1.28. The number of aryl methyl sites for hydroxylation is 1. The third-order valence-corrected chi connectivity index (χ3v) is 6.67. The molecule has 12 heteroatoms. The molecule has 4 rings (SSSR count). The molecule has 2 aromatic carbocycles. The number of nitrogens with zero attached hydrogens (tertiary/aromatic N) is 5. The highest BCUT2D eigenvalue weighted by molar-refractivity contribution is 8.18. The molecule has 0 aliphatic carbocycles. The van der Waals surface area contributed by atoms with E-state index in [4.69, 9.17) is 0 Å². The Kier molecular flexibility index (Phi) is 7.38. The molecule has 1 N–H and O–H groups in total. The Bertz CT molecular complexity index is 1280. The van der Waals surface area contributed by atoms with Gasteiger partial charge in [0.25, 0.3) is 11.1 Å². The maximum absolute atomic E-state index is 13.8. The second-order valence-electron chi connectivity index (χ2n) is 7.15. The lowest BCUT2D eigenvalue weighted by atomic mass is 10.2. The smallest absolute Gasteiger partial charge is 0.293 e. The number of carbonyl (C=O) groups is 3. The molecule has 9 nitrogen and oxygen atoms in total. The number of rotatable bonds is 8. The molecule has 1 saturated heterocycles. The van der Waals surface area contributed by atoms with Crippen molar-refractivity contribution < 1.29 is 18.8 Å². The van der Waals surface area contributed by atoms with Gasteiger partial charge in [-0.25, -0.2) is 4.39 Å². The lowest BCUT2D eigenvalue weighted by Crippen LogP contribution is -2.37. The molecule has 3 aromatic rings. The lowest BCUT2D eigenvalue weighted by Gasteiger charge is -2.13. The molecule has 0 bridgehead atoms. The van der Waals surface area contributed by atoms with Crippen LogP contribution in [0.2, 0.25) is 0 Å². The number of nitrogens with one attached hydrogen (secondary N) is 1. The molecule has 0 atom stereocenters. The van der Waals surface area contributed by atoms with Gasteiger partial charge in [-0.3, -0.25) is 19.3 Å². The van der Waals surface area contributed by atoms with E-state index >= 15 is 0 Å². The first kappa shape index (κ1) is 23.6. The molecule has 1 fully saturated rings. The van der Waals surface area contributed by atoms with Gasteiger partial charge in [-0.2, -0.15) is 4.68 Å². The summed E-state index contributed by atoms with van der Waals surface area (Å²) in [5.74, 6) is -1.23. The van der Waals surface area contributed by atoms with Crippen molar-refractivity contribution in [3.8, 4) is 5.69 Å². The predicted octanol–water partition coefficient (Wildman–Crippen LogP) is 3.05. The van der Waals surface area contributed by atoms with Crippen LogP contribution in [0.15, 0.2) is 58.6 Å². The monoisotopic (exact) mass is 498 g/mol. The van der Waals surface area contributed by atoms with Crippen LogP contribution >= 0.6 is 23.5 Å². The molecule has 0 spiro atoms. The fourth-order valence-electron chi connectivity index (χ4n) is 3.14. The average Bonchev–Trinajstić information content (AvgIpc) is 3.39. The quantitative estimate of drug-likeness (QED) is 0.373. The topological polar surface area (TPSA) is 110 Å². The van der Waals surface area contributed by atoms with E-state index in [1.807, 2.05) is 31.2 Å². The third kappa shape index (κ3) is 5.34. The number of imide groups is 1. The highest BCUT2D eigenvalue weighted by Crippen LogP contribution is 2.32. The van der Waals surface area contributed by atoms with E-state index in [2.05, 4.69) is 20.8 Å². The first-order valence-corrected chi connectivity index (χ1v) is 12.0. The van der Waals surface area contributed by atoms with Gasteiger partial charge in [0, 0.05) is 18.7 Å². The van der Waals surface area contributed by atoms with Gasteiger partial charge >= 0.3 is 0 Å². The van der Waals surface area contributed by atoms with Crippen LogP contribution in [0.3, 0.4) is 0 Å². The van der Waals surface area contributed by atoms with Crippen molar-refractivity contribution >= 4 is 46.7 Å². The number of carbonyl (C=O) groups excluding carboxylic acids is 3. The Labute approximate surface area is 202 Å². The summed E-state index contributed by atoms with van der Waals surface area (Å²) in [5.41, 5.74) is 2.03. The van der Waals surface area contributed by atoms with E-state index in [0.29, 0.717) is 5.16 Å². The van der Waals surface area contributed by atoms with Crippen molar-refractivity contribution in [1.29, 1.82) is 0 Å². The van der Waals surface area contributed by atoms with Crippen LogP contribution in [0.1, 0.15) is 11.1 Å². The van der Waals surface area contributed by atoms with Crippen molar-refractivity contribution in [2.75, 3.05) is 18.8 Å². The van der Waals surface area contributed by atoms with E-state index in [0.717, 1.165) is 27.9 Å². The molecular weight excluding hydrogens is 479 g/mol. The fourth-order valence-corrected chi connectivity index (χ4v) is 4.71. The number of halogens is 1. The van der Waals surface area contributed by atoms with Crippen molar-refractivity contribution in [3.63, 3.8) is 0 Å². The first-order chi connectivity index (χ1) is 16.4. The summed E-state index contributed by atoms with van der Waals surface area (Å²) in [4.78, 5) is 38.2. The Morgan fingerprint density at radius 1 is 1.18 bits per heavy atom. The molecule has 2 heterocycles. The van der Waals surface area contributed by atoms with Crippen LogP contribution in [0.4, 0.5) is 9.18 Å². The fraction of sp³-hybridized carbons (Fsp3) is 0.182. The highest BCUT2D eigenvalue weighted by atomic mass is 32.2. The van der Waals surface area contributed by atoms with Gasteiger partial charge in [0.1, 0.15) is 5.82 Å². The van der Waals surface area contributed by atoms with Gasteiger partial charge in [-0.15, -0.1) is 5.10 Å². The van der Waals surface area contributed by atoms with Crippen molar-refractivity contribution in [1.82, 2.24) is 30.4 Å². The maximum atomic E-state index is 13.8. The zero-order valence-electron chi connectivity index (χ0n) is 18.0. The van der Waals surface area contributed by atoms with Gasteiger partial charge in [-0.1, -0.05) is 48.2 Å². The first-order valence-electron chi connectivity index (χ1n) is 10.2. The summed E-state index contributed by atoms with van der Waals surface area (Å²) in [5, 5.41) is 14.3. The predicted molar refractivity (Wildman–Crippen MR) is 127 cm³/mol. The molecule has 0 saturated carbocycles. The largest absolute Gasteiger partial charge is 0.354 e. The summed E-state index contributed by atoms with van der Waals surface area (Å²) >= 11 is 1.91. The molecule has 1 aliphatic heterocycles. The summed E-state index contributed by atoms with van der Waals surface area (Å²) in [7, 11) is 0. The zero-order chi connectivity index (χ0) is 24.1. The Morgan fingerprint density at radius 2 is 1.94 bits per heavy atom. The number of hydrogen-bond acceptors (Lipinski definition) is 8. The molecule has 3 amide bonds. The van der Waals surface area contributed by atoms with Crippen LogP contribution in [-0.4, -0.2) is 61.0 Å². The third-order valence-electron chi connectivity index (χ3n) is 4.84. The number of thioether (sulfide) groups is 2. The van der Waals surface area contributed by atoms with Crippen LogP contribution in [0.5, 0.6) is 0 Å². The zero-order valence-corrected chi connectivity index (χ0v) is 19.6. The average molecular weight is 499 g/mol. The second kappa shape index (κ2) is 10.6. The minimum Gasteiger partial charge on any atom is -0.354 e. The molecule has 174 valence electrons. The standard InChI is InChI=1S/C22H19FN6O3S2/c1-14-6-2-5-9-17(14)29-21(25-26-27-29)33-13-19(30)24-10-11-28-20(31)18(34-22(28)32)12-15-7-3-4-8-16(15)23/h2-9,12H,10-11,13H2,1H3,(H,24,30). The van der Waals surface area contributed by atoms with E-state index in [-0.39, 0.29) is 35.2 Å². The van der Waals surface area contributed by atoms with Gasteiger partial charge in [0.15, 0.2) is 0 Å². The summed E-state index contributed by atoms with van der Waals surface area (Å²) in [6, 6.07) is 13.6. The maximum Gasteiger partial charge on any atom is 0.293 e. The normalized spacial score (nSPS) is 14.8. The van der Waals surface area contributed by atoms with Crippen LogP contribution in [0.25, 0.3) is 11.8 Å². The van der Waals surface area contributed by atoms with Crippen molar-refractivity contribution in [2.45, 2.75) is 12.1 Å². The number of benzene rings is 2. The summed E-state index contributed by atoms with van der Waals surface area (Å²) < 4.78 is 15.4. The molecule has 1 aromatic heterocycles. The number of para-hydroxylation sites is 1.